The molecule has 34 heavy (non-hydrogen) atoms. The van der Waals surface area contributed by atoms with E-state index in [1.807, 2.05) is 60.7 Å². The average Bonchev–Trinajstić information content (AvgIpc) is 3.16. The Bertz CT molecular complexity index is 1300. The Kier molecular flexibility index (Phi) is 6.59. The van der Waals surface area contributed by atoms with Gasteiger partial charge in [-0.15, -0.1) is 0 Å². The summed E-state index contributed by atoms with van der Waals surface area (Å²) in [5.74, 6) is -1.22. The molecule has 1 aliphatic carbocycles. The van der Waals surface area contributed by atoms with E-state index in [2.05, 4.69) is 22.4 Å². The number of nitrogens with zero attached hydrogens (tertiary/aromatic N) is 1. The van der Waals surface area contributed by atoms with Gasteiger partial charge < -0.3 is 15.2 Å². The number of carbonyl (C=O) groups is 2. The summed E-state index contributed by atoms with van der Waals surface area (Å²) < 4.78 is 5.52. The van der Waals surface area contributed by atoms with Gasteiger partial charge in [0.25, 0.3) is 0 Å². The standard InChI is InChI=1S/C27H22N2O4.CH4/c30-26(31)25(13-18-15-28-14-17-7-1-2-8-19(17)18)29-27(32)33-16-24-22-11-5-3-9-20(22)21-10-4-6-12-23(21)24;/h1-12,14-15,24-25H,13,16H2,(H,29,32)(H,30,31);1H4. The molecule has 6 nitrogen and oxygen atoms in total. The lowest BCUT2D eigenvalue weighted by molar-refractivity contribution is -0.139. The van der Waals surface area contributed by atoms with Crippen LogP contribution in [0.4, 0.5) is 4.79 Å². The summed E-state index contributed by atoms with van der Waals surface area (Å²) in [5.41, 5.74) is 5.22. The zero-order valence-electron chi connectivity index (χ0n) is 17.8. The number of hydrogen-bond acceptors (Lipinski definition) is 4. The van der Waals surface area contributed by atoms with Crippen molar-refractivity contribution < 1.29 is 19.4 Å². The number of carbonyl (C=O) groups excluding carboxylic acids is 1. The average molecular weight is 455 g/mol. The Labute approximate surface area is 198 Å². The van der Waals surface area contributed by atoms with E-state index >= 15 is 0 Å². The van der Waals surface area contributed by atoms with E-state index in [-0.39, 0.29) is 26.4 Å². The van der Waals surface area contributed by atoms with Gasteiger partial charge in [-0.25, -0.2) is 9.59 Å². The summed E-state index contributed by atoms with van der Waals surface area (Å²) in [6.45, 7) is 0.127. The van der Waals surface area contributed by atoms with Crippen LogP contribution in [-0.2, 0) is 16.0 Å². The van der Waals surface area contributed by atoms with E-state index in [9.17, 15) is 14.7 Å². The zero-order chi connectivity index (χ0) is 22.8. The number of amides is 1. The number of pyridine rings is 1. The summed E-state index contributed by atoms with van der Waals surface area (Å²) in [6.07, 6.45) is 2.72. The van der Waals surface area contributed by atoms with Crippen LogP contribution in [-0.4, -0.2) is 34.8 Å². The number of aliphatic carboxylic acids is 1. The molecule has 1 heterocycles. The number of carboxylic acids is 1. The summed E-state index contributed by atoms with van der Waals surface area (Å²) in [6, 6.07) is 22.6. The van der Waals surface area contributed by atoms with Gasteiger partial charge in [0.05, 0.1) is 0 Å². The first-order valence-electron chi connectivity index (χ1n) is 10.8. The molecule has 6 heteroatoms. The predicted molar refractivity (Wildman–Crippen MR) is 132 cm³/mol. The number of fused-ring (bicyclic) bond motifs is 4. The molecule has 1 amide bonds. The first kappa shape index (κ1) is 23.0. The van der Waals surface area contributed by atoms with Crippen molar-refractivity contribution in [2.75, 3.05) is 6.61 Å². The molecule has 0 aliphatic heterocycles. The third kappa shape index (κ3) is 4.35. The third-order valence-corrected chi connectivity index (χ3v) is 6.11. The van der Waals surface area contributed by atoms with Gasteiger partial charge in [0, 0.05) is 30.1 Å². The second kappa shape index (κ2) is 9.75. The van der Waals surface area contributed by atoms with Crippen molar-refractivity contribution in [3.05, 3.63) is 102 Å². The fraction of sp³-hybridized carbons (Fsp3) is 0.179. The Morgan fingerprint density at radius 1 is 0.912 bits per heavy atom. The molecule has 0 radical (unpaired) electrons. The van der Waals surface area contributed by atoms with Crippen LogP contribution in [0, 0.1) is 0 Å². The Morgan fingerprint density at radius 2 is 1.53 bits per heavy atom. The van der Waals surface area contributed by atoms with Crippen molar-refractivity contribution in [2.24, 2.45) is 0 Å². The fourth-order valence-electron chi connectivity index (χ4n) is 4.54. The van der Waals surface area contributed by atoms with Gasteiger partial charge in [-0.3, -0.25) is 4.98 Å². The van der Waals surface area contributed by atoms with Crippen molar-refractivity contribution in [1.29, 1.82) is 0 Å². The molecule has 172 valence electrons. The van der Waals surface area contributed by atoms with E-state index in [0.29, 0.717) is 0 Å². The number of carboxylic acid groups (broad SMARTS) is 1. The quantitative estimate of drug-likeness (QED) is 0.407. The molecule has 3 aromatic carbocycles. The van der Waals surface area contributed by atoms with Crippen molar-refractivity contribution in [3.8, 4) is 11.1 Å². The lowest BCUT2D eigenvalue weighted by Crippen LogP contribution is -2.43. The number of rotatable bonds is 6. The molecule has 5 rings (SSSR count). The number of nitrogens with one attached hydrogen (secondary N) is 1. The molecule has 0 spiro atoms. The molecular formula is C28H26N2O4. The summed E-state index contributed by atoms with van der Waals surface area (Å²) >= 11 is 0. The van der Waals surface area contributed by atoms with Crippen molar-refractivity contribution >= 4 is 22.8 Å². The molecule has 1 aliphatic rings. The van der Waals surface area contributed by atoms with Crippen LogP contribution >= 0.6 is 0 Å². The number of hydrogen-bond donors (Lipinski definition) is 2. The maximum Gasteiger partial charge on any atom is 0.407 e. The number of alkyl carbamates (subject to hydrolysis) is 1. The van der Waals surface area contributed by atoms with Crippen LogP contribution in [0.3, 0.4) is 0 Å². The highest BCUT2D eigenvalue weighted by Crippen LogP contribution is 2.44. The summed E-state index contributed by atoms with van der Waals surface area (Å²) in [5, 5.41) is 14.0. The first-order valence-corrected chi connectivity index (χ1v) is 10.8. The molecule has 1 atom stereocenters. The van der Waals surface area contributed by atoms with Gasteiger partial charge in [-0.05, 0) is 33.2 Å². The highest BCUT2D eigenvalue weighted by Gasteiger charge is 2.30. The maximum absolute atomic E-state index is 12.6. The molecule has 0 bridgehead atoms. The lowest BCUT2D eigenvalue weighted by atomic mass is 9.98. The highest BCUT2D eigenvalue weighted by molar-refractivity contribution is 5.86. The van der Waals surface area contributed by atoms with Gasteiger partial charge >= 0.3 is 12.1 Å². The minimum absolute atomic E-state index is 0. The Balaban J connectivity index is 0.00000274. The topological polar surface area (TPSA) is 88.5 Å². The van der Waals surface area contributed by atoms with E-state index in [4.69, 9.17) is 4.74 Å². The summed E-state index contributed by atoms with van der Waals surface area (Å²) in [7, 11) is 0. The number of aromatic nitrogens is 1. The van der Waals surface area contributed by atoms with Crippen LogP contribution in [0.1, 0.15) is 30.0 Å². The highest BCUT2D eigenvalue weighted by atomic mass is 16.5. The molecule has 0 saturated heterocycles. The zero-order valence-corrected chi connectivity index (χ0v) is 17.8. The molecule has 1 unspecified atom stereocenters. The number of ether oxygens (including phenoxy) is 1. The minimum atomic E-state index is -1.13. The predicted octanol–water partition coefficient (Wildman–Crippen LogP) is 5.41. The van der Waals surface area contributed by atoms with E-state index in [1.165, 1.54) is 0 Å². The SMILES string of the molecule is C.O=C(NC(Cc1cncc2ccccc12)C(=O)O)OCC1c2ccccc2-c2ccccc21. The van der Waals surface area contributed by atoms with Gasteiger partial charge in [-0.1, -0.05) is 80.2 Å². The van der Waals surface area contributed by atoms with Crippen LogP contribution in [0.15, 0.2) is 85.2 Å². The van der Waals surface area contributed by atoms with Crippen LogP contribution in [0.2, 0.25) is 0 Å². The van der Waals surface area contributed by atoms with Crippen LogP contribution in [0.25, 0.3) is 21.9 Å². The largest absolute Gasteiger partial charge is 0.480 e. The van der Waals surface area contributed by atoms with Crippen LogP contribution in [0.5, 0.6) is 0 Å². The third-order valence-electron chi connectivity index (χ3n) is 6.11. The van der Waals surface area contributed by atoms with E-state index < -0.39 is 18.1 Å². The first-order chi connectivity index (χ1) is 16.1. The monoisotopic (exact) mass is 454 g/mol. The molecule has 0 saturated carbocycles. The smallest absolute Gasteiger partial charge is 0.407 e. The van der Waals surface area contributed by atoms with Crippen molar-refractivity contribution in [3.63, 3.8) is 0 Å². The van der Waals surface area contributed by atoms with Gasteiger partial charge in [0.1, 0.15) is 12.6 Å². The summed E-state index contributed by atoms with van der Waals surface area (Å²) in [4.78, 5) is 28.7. The number of benzene rings is 3. The van der Waals surface area contributed by atoms with E-state index in [0.717, 1.165) is 38.6 Å². The molecular weight excluding hydrogens is 428 g/mol. The van der Waals surface area contributed by atoms with Gasteiger partial charge in [-0.2, -0.15) is 0 Å². The van der Waals surface area contributed by atoms with Gasteiger partial charge in [0.15, 0.2) is 0 Å². The molecule has 0 fully saturated rings. The Morgan fingerprint density at radius 3 is 2.21 bits per heavy atom. The Hall–Kier alpha value is -4.19. The normalized spacial score (nSPS) is 12.8. The maximum atomic E-state index is 12.6. The fourth-order valence-corrected chi connectivity index (χ4v) is 4.54. The molecule has 4 aromatic rings. The van der Waals surface area contributed by atoms with Gasteiger partial charge in [0.2, 0.25) is 0 Å². The minimum Gasteiger partial charge on any atom is -0.480 e. The van der Waals surface area contributed by atoms with E-state index in [1.54, 1.807) is 12.4 Å². The molecule has 1 aromatic heterocycles. The second-order valence-electron chi connectivity index (χ2n) is 8.08. The molecule has 2 N–H and O–H groups in total. The van der Waals surface area contributed by atoms with Crippen molar-refractivity contribution in [1.82, 2.24) is 10.3 Å². The second-order valence-corrected chi connectivity index (χ2v) is 8.08. The van der Waals surface area contributed by atoms with Crippen molar-refractivity contribution in [2.45, 2.75) is 25.8 Å². The lowest BCUT2D eigenvalue weighted by Gasteiger charge is -2.18. The van der Waals surface area contributed by atoms with Crippen LogP contribution < -0.4 is 5.32 Å².